The Bertz CT molecular complexity index is 3210. The number of fused-ring (bicyclic) bond motifs is 1. The number of nitrogens with one attached hydrogen (secondary N) is 2. The summed E-state index contributed by atoms with van der Waals surface area (Å²) in [5, 5.41) is 16.0. The average molecular weight is 1090 g/mol. The molecule has 6 aromatic carbocycles. The number of thiazole rings is 1. The van der Waals surface area contributed by atoms with E-state index in [9.17, 15) is 19.2 Å². The molecule has 10 rings (SSSR count). The van der Waals surface area contributed by atoms with Crippen LogP contribution in [0, 0.1) is 0 Å². The Morgan fingerprint density at radius 2 is 1.34 bits per heavy atom. The van der Waals surface area contributed by atoms with E-state index in [0.717, 1.165) is 27.8 Å². The van der Waals surface area contributed by atoms with Gasteiger partial charge >= 0.3 is 11.9 Å². The molecule has 0 bridgehead atoms. The Kier molecular flexibility index (Phi) is 16.0. The number of thiophene rings is 1. The molecular weight excluding hydrogens is 1040 g/mol. The van der Waals surface area contributed by atoms with Crippen LogP contribution in [0.25, 0.3) is 0 Å². The second kappa shape index (κ2) is 23.7. The van der Waals surface area contributed by atoms with Gasteiger partial charge in [0, 0.05) is 22.6 Å². The molecule has 382 valence electrons. The first-order chi connectivity index (χ1) is 37.2. The number of hydrogen-bond donors (Lipinski definition) is 2. The number of carbonyl (C=O) groups excluding carboxylic acids is 4. The molecule has 8 aromatic rings. The van der Waals surface area contributed by atoms with Crippen molar-refractivity contribution >= 4 is 80.6 Å². The number of aromatic nitrogens is 1. The van der Waals surface area contributed by atoms with Gasteiger partial charge in [-0.05, 0) is 67.9 Å². The number of halogens is 1. The molecule has 2 aliphatic heterocycles. The second-order valence-electron chi connectivity index (χ2n) is 17.5. The number of rotatable bonds is 20. The molecule has 13 nitrogen and oxygen atoms in total. The molecule has 2 amide bonds. The summed E-state index contributed by atoms with van der Waals surface area (Å²) in [5.74, 6) is -1.95. The van der Waals surface area contributed by atoms with E-state index in [-0.39, 0.29) is 29.6 Å². The van der Waals surface area contributed by atoms with Gasteiger partial charge < -0.3 is 29.7 Å². The minimum absolute atomic E-state index is 0.0207. The molecule has 17 heteroatoms. The molecule has 2 aliphatic rings. The highest BCUT2D eigenvalue weighted by molar-refractivity contribution is 8.00. The predicted octanol–water partition coefficient (Wildman–Crippen LogP) is 11.0. The number of ether oxygens (including phenoxy) is 3. The number of benzene rings is 6. The number of carbonyl (C=O) groups is 4. The van der Waals surface area contributed by atoms with Crippen molar-refractivity contribution in [3.63, 3.8) is 0 Å². The average Bonchev–Trinajstić information content (AvgIpc) is 4.23. The highest BCUT2D eigenvalue weighted by Crippen LogP contribution is 2.43. The van der Waals surface area contributed by atoms with Gasteiger partial charge in [0.25, 0.3) is 11.8 Å². The van der Waals surface area contributed by atoms with E-state index < -0.39 is 52.9 Å². The zero-order chi connectivity index (χ0) is 52.4. The van der Waals surface area contributed by atoms with Gasteiger partial charge in [-0.3, -0.25) is 14.5 Å². The van der Waals surface area contributed by atoms with Crippen molar-refractivity contribution in [2.75, 3.05) is 24.1 Å². The zero-order valence-corrected chi connectivity index (χ0v) is 43.9. The van der Waals surface area contributed by atoms with Gasteiger partial charge in [0.15, 0.2) is 16.9 Å². The molecule has 0 aliphatic carbocycles. The summed E-state index contributed by atoms with van der Waals surface area (Å²) in [6.45, 7) is -0.0611. The molecule has 0 radical (unpaired) electrons. The maximum atomic E-state index is 15.0. The van der Waals surface area contributed by atoms with Crippen LogP contribution in [0.1, 0.15) is 56.8 Å². The Labute approximate surface area is 456 Å². The van der Waals surface area contributed by atoms with E-state index in [2.05, 4.69) is 15.8 Å². The Hall–Kier alpha value is -8.02. The fraction of sp³-hybridized carbons (Fsp3) is 0.153. The first kappa shape index (κ1) is 51.5. The van der Waals surface area contributed by atoms with Gasteiger partial charge in [0.1, 0.15) is 40.7 Å². The smallest absolute Gasteiger partial charge is 0.356 e. The number of oxime groups is 1. The number of esters is 2. The Balaban J connectivity index is 0.985. The minimum atomic E-state index is -1.44. The highest BCUT2D eigenvalue weighted by atomic mass is 35.5. The predicted molar refractivity (Wildman–Crippen MR) is 296 cm³/mol. The molecular formula is C59H48ClN5O8S3. The van der Waals surface area contributed by atoms with E-state index in [4.69, 9.17) is 35.6 Å². The lowest BCUT2D eigenvalue weighted by atomic mass is 9.77. The molecule has 2 aromatic heterocycles. The maximum Gasteiger partial charge on any atom is 0.356 e. The number of alkyl halides is 1. The molecule has 0 unspecified atom stereocenters. The lowest BCUT2D eigenvalue weighted by molar-refractivity contribution is -0.162. The lowest BCUT2D eigenvalue weighted by Gasteiger charge is -2.49. The molecule has 4 heterocycles. The third-order valence-electron chi connectivity index (χ3n) is 12.8. The maximum absolute atomic E-state index is 15.0. The largest absolute Gasteiger partial charge is 0.497 e. The highest BCUT2D eigenvalue weighted by Gasteiger charge is 2.55. The monoisotopic (exact) mass is 1090 g/mol. The van der Waals surface area contributed by atoms with Crippen molar-refractivity contribution in [3.05, 3.63) is 254 Å². The number of hydrogen-bond acceptors (Lipinski definition) is 14. The van der Waals surface area contributed by atoms with Crippen molar-refractivity contribution in [2.45, 2.75) is 35.8 Å². The van der Waals surface area contributed by atoms with Gasteiger partial charge in [-0.15, -0.1) is 34.7 Å². The molecule has 3 atom stereocenters. The molecule has 76 heavy (non-hydrogen) atoms. The normalized spacial score (nSPS) is 15.8. The van der Waals surface area contributed by atoms with Gasteiger partial charge in [-0.2, -0.15) is 11.3 Å². The third-order valence-corrected chi connectivity index (χ3v) is 16.0. The van der Waals surface area contributed by atoms with Crippen LogP contribution in [0.15, 0.2) is 215 Å². The van der Waals surface area contributed by atoms with Crippen LogP contribution >= 0.6 is 46.0 Å². The van der Waals surface area contributed by atoms with Crippen molar-refractivity contribution in [1.29, 1.82) is 0 Å². The van der Waals surface area contributed by atoms with Crippen LogP contribution < -0.4 is 15.4 Å². The van der Waals surface area contributed by atoms with E-state index in [1.807, 2.05) is 152 Å². The number of nitrogens with zero attached hydrogens (tertiary/aromatic N) is 3. The molecule has 0 saturated carbocycles. The summed E-state index contributed by atoms with van der Waals surface area (Å²) in [7, 11) is 1.56. The summed E-state index contributed by atoms with van der Waals surface area (Å²) in [5.41, 5.74) is 4.74. The number of methoxy groups -OCH3 is 1. The number of amides is 2. The van der Waals surface area contributed by atoms with Crippen LogP contribution in [0.3, 0.4) is 0 Å². The van der Waals surface area contributed by atoms with Crippen molar-refractivity contribution in [2.24, 2.45) is 5.16 Å². The summed E-state index contributed by atoms with van der Waals surface area (Å²) in [4.78, 5) is 70.1. The summed E-state index contributed by atoms with van der Waals surface area (Å²) < 4.78 is 17.3. The van der Waals surface area contributed by atoms with Crippen LogP contribution in [0.5, 0.6) is 5.75 Å². The van der Waals surface area contributed by atoms with E-state index in [1.165, 1.54) is 39.3 Å². The van der Waals surface area contributed by atoms with Gasteiger partial charge in [-0.25, -0.2) is 14.6 Å². The topological polar surface area (TPSA) is 158 Å². The fourth-order valence-electron chi connectivity index (χ4n) is 9.04. The van der Waals surface area contributed by atoms with Crippen molar-refractivity contribution in [3.8, 4) is 5.75 Å². The summed E-state index contributed by atoms with van der Waals surface area (Å²) in [6.07, 6.45) is -2.25. The SMILES string of the molecule is COc1ccc(COC(=O)C2=C(CCl)CS[C@H]3[C@H](NC(=O)C(=NO[C@@H](C(=O)OC(c4ccccc4)c4ccccc4)c4ccsc4)c4csc(NC(c5ccccc5)(c5ccccc5)c5ccccc5)n4)C(=O)N23)cc1. The van der Waals surface area contributed by atoms with Crippen molar-refractivity contribution in [1.82, 2.24) is 15.2 Å². The first-order valence-electron chi connectivity index (χ1n) is 24.1. The molecule has 1 fully saturated rings. The van der Waals surface area contributed by atoms with E-state index in [0.29, 0.717) is 33.3 Å². The number of anilines is 1. The van der Waals surface area contributed by atoms with Gasteiger partial charge in [0.05, 0.1) is 7.11 Å². The van der Waals surface area contributed by atoms with Crippen LogP contribution in [-0.4, -0.2) is 69.5 Å². The van der Waals surface area contributed by atoms with Crippen molar-refractivity contribution < 1.29 is 38.2 Å². The fourth-order valence-corrected chi connectivity index (χ4v) is 12.1. The van der Waals surface area contributed by atoms with Crippen LogP contribution in [0.4, 0.5) is 5.13 Å². The number of β-lactam (4-membered cyclic amide) rings is 1. The standard InChI is InChI=1S/C59H48ClN5O8S3/c1-70-46-29-27-38(28-30-46)34-71-56(68)50-42(33-60)36-75-55-49(54(67)65(50)55)62-53(66)48(64-73-52(41-31-32-74-35-41)57(69)72-51(39-17-7-2-8-18-39)40-19-9-3-10-20-40)47-37-76-58(61-47)63-59(43-21-11-4-12-22-43,44-23-13-5-14-24-44)45-25-15-6-16-26-45/h2-32,35,37,49,51-52,55H,33-34,36H2,1H3,(H,61,63)(H,62,66)/t49-,52-,55+/m1/s1. The summed E-state index contributed by atoms with van der Waals surface area (Å²) >= 11 is 10.3. The Morgan fingerprint density at radius 1 is 0.763 bits per heavy atom. The quantitative estimate of drug-likeness (QED) is 0.0187. The Morgan fingerprint density at radius 3 is 1.88 bits per heavy atom. The second-order valence-corrected chi connectivity index (χ2v) is 20.5. The summed E-state index contributed by atoms with van der Waals surface area (Å²) in [6, 6.07) is 56.3. The first-order valence-corrected chi connectivity index (χ1v) is 27.5. The molecule has 1 saturated heterocycles. The van der Waals surface area contributed by atoms with Gasteiger partial charge in [-0.1, -0.05) is 169 Å². The van der Waals surface area contributed by atoms with Crippen LogP contribution in [0.2, 0.25) is 0 Å². The zero-order valence-electron chi connectivity index (χ0n) is 40.7. The number of thioether (sulfide) groups is 1. The molecule has 2 N–H and O–H groups in total. The minimum Gasteiger partial charge on any atom is -0.497 e. The van der Waals surface area contributed by atoms with Crippen LogP contribution in [-0.2, 0) is 45.6 Å². The molecule has 0 spiro atoms. The van der Waals surface area contributed by atoms with E-state index >= 15 is 0 Å². The van der Waals surface area contributed by atoms with Gasteiger partial charge in [0.2, 0.25) is 6.10 Å². The lowest BCUT2D eigenvalue weighted by Crippen LogP contribution is -2.71. The van der Waals surface area contributed by atoms with E-state index in [1.54, 1.807) is 53.6 Å². The third kappa shape index (κ3) is 10.9.